The van der Waals surface area contributed by atoms with Crippen LogP contribution >= 0.6 is 0 Å². The van der Waals surface area contributed by atoms with Crippen LogP contribution < -0.4 is 9.64 Å². The van der Waals surface area contributed by atoms with Gasteiger partial charge in [-0.05, 0) is 97.2 Å². The molecule has 4 heterocycles. The van der Waals surface area contributed by atoms with Crippen molar-refractivity contribution in [3.8, 4) is 11.4 Å². The predicted molar refractivity (Wildman–Crippen MR) is 140 cm³/mol. The second-order valence-corrected chi connectivity index (χ2v) is 9.96. The molecule has 0 N–H and O–H groups in total. The Hall–Kier alpha value is -2.60. The highest BCUT2D eigenvalue weighted by Gasteiger charge is 2.27. The summed E-state index contributed by atoms with van der Waals surface area (Å²) in [5.41, 5.74) is 4.62. The molecule has 5 rings (SSSR count). The van der Waals surface area contributed by atoms with Crippen LogP contribution in [0.3, 0.4) is 0 Å². The lowest BCUT2D eigenvalue weighted by atomic mass is 10.0. The van der Waals surface area contributed by atoms with Gasteiger partial charge in [0.15, 0.2) is 5.82 Å². The molecule has 0 aliphatic carbocycles. The molecule has 0 amide bonds. The van der Waals surface area contributed by atoms with E-state index in [1.165, 1.54) is 73.8 Å². The molecule has 0 bridgehead atoms. The smallest absolute Gasteiger partial charge is 0.161 e. The van der Waals surface area contributed by atoms with Crippen molar-refractivity contribution < 1.29 is 4.74 Å². The zero-order valence-electron chi connectivity index (χ0n) is 21.3. The van der Waals surface area contributed by atoms with E-state index in [4.69, 9.17) is 9.84 Å². The van der Waals surface area contributed by atoms with Gasteiger partial charge in [-0.15, -0.1) is 5.10 Å². The van der Waals surface area contributed by atoms with Gasteiger partial charge in [-0.1, -0.05) is 6.42 Å². The highest BCUT2D eigenvalue weighted by molar-refractivity contribution is 5.98. The first-order valence-corrected chi connectivity index (χ1v) is 13.2. The number of ether oxygens (including phenoxy) is 1. The van der Waals surface area contributed by atoms with Gasteiger partial charge in [0.2, 0.25) is 0 Å². The molecule has 1 atom stereocenters. The largest absolute Gasteiger partial charge is 0.494 e. The zero-order chi connectivity index (χ0) is 23.7. The minimum Gasteiger partial charge on any atom is -0.494 e. The summed E-state index contributed by atoms with van der Waals surface area (Å²) < 4.78 is 8.01. The maximum Gasteiger partial charge on any atom is 0.161 e. The fourth-order valence-corrected chi connectivity index (χ4v) is 6.18. The van der Waals surface area contributed by atoms with E-state index < -0.39 is 0 Å². The highest BCUT2D eigenvalue weighted by atomic mass is 16.5. The molecule has 1 aromatic carbocycles. The van der Waals surface area contributed by atoms with Gasteiger partial charge in [0, 0.05) is 47.0 Å². The van der Waals surface area contributed by atoms with Crippen molar-refractivity contribution in [2.75, 3.05) is 37.7 Å². The third-order valence-electron chi connectivity index (χ3n) is 7.83. The van der Waals surface area contributed by atoms with Crippen LogP contribution in [0.5, 0.6) is 5.75 Å². The number of hydrogen-bond donors (Lipinski definition) is 0. The van der Waals surface area contributed by atoms with Crippen molar-refractivity contribution in [3.63, 3.8) is 0 Å². The Morgan fingerprint density at radius 1 is 0.824 bits per heavy atom. The topological polar surface area (TPSA) is 46.4 Å². The summed E-state index contributed by atoms with van der Waals surface area (Å²) in [5, 5.41) is 11.9. The summed E-state index contributed by atoms with van der Waals surface area (Å²) in [6.45, 7) is 13.9. The molecule has 2 aliphatic rings. The number of piperidine rings is 1. The van der Waals surface area contributed by atoms with Crippen LogP contribution in [-0.2, 0) is 0 Å². The summed E-state index contributed by atoms with van der Waals surface area (Å²) in [6.07, 6.45) is 7.86. The lowest BCUT2D eigenvalue weighted by molar-refractivity contribution is 0.152. The van der Waals surface area contributed by atoms with E-state index in [1.807, 2.05) is 6.92 Å². The second-order valence-electron chi connectivity index (χ2n) is 9.96. The van der Waals surface area contributed by atoms with Crippen LogP contribution in [0.1, 0.15) is 62.5 Å². The number of aromatic nitrogens is 3. The maximum atomic E-state index is 5.66. The fourth-order valence-electron chi connectivity index (χ4n) is 6.18. The fraction of sp³-hybridized carbons (Fsp3) is 0.571. The van der Waals surface area contributed by atoms with Crippen molar-refractivity contribution >= 4 is 16.6 Å². The van der Waals surface area contributed by atoms with Gasteiger partial charge in [0.05, 0.1) is 12.3 Å². The van der Waals surface area contributed by atoms with Crippen molar-refractivity contribution in [1.29, 1.82) is 0 Å². The van der Waals surface area contributed by atoms with Crippen LogP contribution in [0.2, 0.25) is 0 Å². The van der Waals surface area contributed by atoms with Gasteiger partial charge in [-0.25, -0.2) is 0 Å². The van der Waals surface area contributed by atoms with Crippen LogP contribution in [0, 0.1) is 20.8 Å². The Bertz CT molecular complexity index is 1130. The van der Waals surface area contributed by atoms with Crippen LogP contribution in [-0.4, -0.2) is 58.5 Å². The first-order valence-electron chi connectivity index (χ1n) is 13.2. The van der Waals surface area contributed by atoms with E-state index in [0.717, 1.165) is 42.1 Å². The molecule has 182 valence electrons. The van der Waals surface area contributed by atoms with Gasteiger partial charge in [0.25, 0.3) is 0 Å². The van der Waals surface area contributed by atoms with Crippen LogP contribution in [0.25, 0.3) is 16.5 Å². The molecule has 0 radical (unpaired) electrons. The van der Waals surface area contributed by atoms with Crippen LogP contribution in [0.15, 0.2) is 24.3 Å². The average molecular weight is 462 g/mol. The Morgan fingerprint density at radius 2 is 1.56 bits per heavy atom. The van der Waals surface area contributed by atoms with Crippen LogP contribution in [0.4, 0.5) is 5.82 Å². The van der Waals surface area contributed by atoms with E-state index in [-0.39, 0.29) is 0 Å². The summed E-state index contributed by atoms with van der Waals surface area (Å²) in [5.74, 6) is 1.97. The molecular formula is C28H39N5O. The third kappa shape index (κ3) is 4.28. The Balaban J connectivity index is 1.49. The molecule has 2 fully saturated rings. The van der Waals surface area contributed by atoms with E-state index in [9.17, 15) is 0 Å². The summed E-state index contributed by atoms with van der Waals surface area (Å²) in [7, 11) is 0. The molecule has 2 aliphatic heterocycles. The molecule has 3 aromatic rings. The third-order valence-corrected chi connectivity index (χ3v) is 7.83. The molecule has 0 spiro atoms. The molecule has 34 heavy (non-hydrogen) atoms. The number of anilines is 1. The summed E-state index contributed by atoms with van der Waals surface area (Å²) in [4.78, 5) is 5.26. The highest BCUT2D eigenvalue weighted by Crippen LogP contribution is 2.36. The van der Waals surface area contributed by atoms with Gasteiger partial charge in [0.1, 0.15) is 5.75 Å². The lowest BCUT2D eigenvalue weighted by Crippen LogP contribution is -2.39. The number of aryl methyl sites for hydroxylation is 3. The average Bonchev–Trinajstić information content (AvgIpc) is 3.00. The van der Waals surface area contributed by atoms with Crippen molar-refractivity contribution in [2.45, 2.75) is 72.3 Å². The van der Waals surface area contributed by atoms with Crippen molar-refractivity contribution in [2.24, 2.45) is 0 Å². The second kappa shape index (κ2) is 9.95. The molecule has 0 saturated carbocycles. The Labute approximate surface area is 203 Å². The van der Waals surface area contributed by atoms with E-state index in [2.05, 4.69) is 64.5 Å². The normalized spacial score (nSPS) is 20.0. The number of likely N-dealkylation sites (tertiary alicyclic amines) is 1. The van der Waals surface area contributed by atoms with E-state index in [1.54, 1.807) is 0 Å². The van der Waals surface area contributed by atoms with Gasteiger partial charge >= 0.3 is 0 Å². The first-order chi connectivity index (χ1) is 16.6. The van der Waals surface area contributed by atoms with Gasteiger partial charge in [-0.2, -0.15) is 5.10 Å². The quantitative estimate of drug-likeness (QED) is 0.496. The number of nitrogens with zero attached hydrogens (tertiary/aromatic N) is 5. The predicted octanol–water partition coefficient (Wildman–Crippen LogP) is 5.59. The SMILES string of the molecule is CCOc1ccc(-n2c(C)c3c(C)nnc(N4CCCC(N5CCCCC5)CC4)c3c2C)cc1. The number of hydrogen-bond acceptors (Lipinski definition) is 5. The van der Waals surface area contributed by atoms with Gasteiger partial charge < -0.3 is 19.1 Å². The maximum absolute atomic E-state index is 5.66. The molecule has 2 saturated heterocycles. The molecular weight excluding hydrogens is 422 g/mol. The number of benzene rings is 1. The minimum atomic E-state index is 0.680. The first kappa shape index (κ1) is 23.2. The van der Waals surface area contributed by atoms with E-state index >= 15 is 0 Å². The van der Waals surface area contributed by atoms with E-state index in [0.29, 0.717) is 6.61 Å². The summed E-state index contributed by atoms with van der Waals surface area (Å²) >= 11 is 0. The summed E-state index contributed by atoms with van der Waals surface area (Å²) in [6, 6.07) is 9.13. The number of rotatable bonds is 5. The molecule has 1 unspecified atom stereocenters. The Kier molecular flexibility index (Phi) is 6.77. The molecule has 6 nitrogen and oxygen atoms in total. The molecule has 2 aromatic heterocycles. The monoisotopic (exact) mass is 461 g/mol. The standard InChI is InChI=1S/C28H39N5O/c1-5-34-25-13-11-24(12-14-25)33-21(3)26-20(2)29-30-28(27(26)22(33)4)32-18-9-10-23(15-19-32)31-16-7-6-8-17-31/h11-14,23H,5-10,15-19H2,1-4H3. The van der Waals surface area contributed by atoms with Crippen molar-refractivity contribution in [3.05, 3.63) is 41.3 Å². The number of fused-ring (bicyclic) bond motifs is 1. The van der Waals surface area contributed by atoms with Gasteiger partial charge in [-0.3, -0.25) is 0 Å². The zero-order valence-corrected chi connectivity index (χ0v) is 21.3. The lowest BCUT2D eigenvalue weighted by Gasteiger charge is -2.34. The minimum absolute atomic E-state index is 0.680. The molecule has 6 heteroatoms. The van der Waals surface area contributed by atoms with Crippen molar-refractivity contribution in [1.82, 2.24) is 19.7 Å². The Morgan fingerprint density at radius 3 is 2.29 bits per heavy atom.